The van der Waals surface area contributed by atoms with Crippen molar-refractivity contribution in [3.05, 3.63) is 29.8 Å². The first kappa shape index (κ1) is 29.4. The fraction of sp³-hybridized carbons (Fsp3) is 0.750. The minimum Gasteiger partial charge on any atom is -1.00 e. The van der Waals surface area contributed by atoms with Gasteiger partial charge in [-0.15, -0.1) is 0 Å². The quantitative estimate of drug-likeness (QED) is 0.142. The Morgan fingerprint density at radius 1 is 0.690 bits per heavy atom. The molecule has 0 radical (unpaired) electrons. The Hall–Kier alpha value is 0.390. The van der Waals surface area contributed by atoms with E-state index < -0.39 is 10.1 Å². The van der Waals surface area contributed by atoms with E-state index >= 15 is 0 Å². The Kier molecular flexibility index (Phi) is 19.4. The van der Waals surface area contributed by atoms with Crippen LogP contribution in [0.1, 0.15) is 118 Å². The van der Waals surface area contributed by atoms with Gasteiger partial charge in [-0.05, 0) is 24.5 Å². The largest absolute Gasteiger partial charge is 2.00 e. The van der Waals surface area contributed by atoms with E-state index in [4.69, 9.17) is 0 Å². The Morgan fingerprint density at radius 3 is 1.48 bits per heavy atom. The predicted molar refractivity (Wildman–Crippen MR) is 127 cm³/mol. The van der Waals surface area contributed by atoms with Gasteiger partial charge >= 0.3 is 37.7 Å². The van der Waals surface area contributed by atoms with E-state index in [-0.39, 0.29) is 45.5 Å². The Labute approximate surface area is 213 Å². The molecule has 0 aromatic heterocycles. The van der Waals surface area contributed by atoms with Crippen molar-refractivity contribution in [3.8, 4) is 0 Å². The van der Waals surface area contributed by atoms with Crippen molar-refractivity contribution in [3.63, 3.8) is 0 Å². The van der Waals surface area contributed by atoms with E-state index in [1.807, 2.05) is 6.07 Å². The summed E-state index contributed by atoms with van der Waals surface area (Å²) in [5.41, 5.74) is 0.732. The number of hydrogen-bond acceptors (Lipinski definition) is 2. The molecule has 0 aliphatic rings. The molecule has 0 spiro atoms. The van der Waals surface area contributed by atoms with Gasteiger partial charge in [0.1, 0.15) is 0 Å². The van der Waals surface area contributed by atoms with Crippen LogP contribution < -0.4 is 0 Å². The Bertz CT molecular complexity index is 613. The first-order chi connectivity index (χ1) is 13.6. The van der Waals surface area contributed by atoms with Crippen LogP contribution >= 0.6 is 0 Å². The molecule has 0 aliphatic carbocycles. The van der Waals surface area contributed by atoms with E-state index in [0.29, 0.717) is 6.42 Å². The van der Waals surface area contributed by atoms with Crippen molar-refractivity contribution < 1.29 is 15.8 Å². The van der Waals surface area contributed by atoms with E-state index in [0.717, 1.165) is 18.4 Å². The van der Waals surface area contributed by atoms with Crippen molar-refractivity contribution in [2.75, 3.05) is 0 Å². The van der Waals surface area contributed by atoms with Crippen LogP contribution in [0.4, 0.5) is 0 Å². The molecule has 0 unspecified atom stereocenters. The monoisotopic (exact) mass is 452 g/mol. The molecule has 0 saturated carbocycles. The van der Waals surface area contributed by atoms with Crippen LogP contribution in [0.2, 0.25) is 0 Å². The van der Waals surface area contributed by atoms with Gasteiger partial charge in [0.25, 0.3) is 10.1 Å². The van der Waals surface area contributed by atoms with Crippen LogP contribution in [0.25, 0.3) is 0 Å². The van der Waals surface area contributed by atoms with E-state index in [2.05, 4.69) is 6.92 Å². The van der Waals surface area contributed by atoms with Crippen LogP contribution in [0, 0.1) is 0 Å². The third kappa shape index (κ3) is 15.8. The Balaban J connectivity index is -0.00000261. The third-order valence-electron chi connectivity index (χ3n) is 5.55. The van der Waals surface area contributed by atoms with Crippen molar-refractivity contribution in [1.29, 1.82) is 0 Å². The van der Waals surface area contributed by atoms with Gasteiger partial charge in [-0.25, -0.2) is 0 Å². The number of rotatable bonds is 18. The first-order valence-electron chi connectivity index (χ1n) is 11.6. The predicted octanol–water partition coefficient (Wildman–Crippen LogP) is 7.58. The van der Waals surface area contributed by atoms with Gasteiger partial charge in [0.15, 0.2) is 0 Å². The number of benzene rings is 1. The number of aryl methyl sites for hydroxylation is 1. The molecule has 1 aromatic carbocycles. The van der Waals surface area contributed by atoms with Crippen molar-refractivity contribution in [2.24, 2.45) is 0 Å². The molecule has 1 rings (SSSR count). The fourth-order valence-corrected chi connectivity index (χ4v) is 4.58. The SMILES string of the molecule is CCCCCCCCCCCCCCCCCCc1ccccc1S(=O)(=O)O.[Ca+2].[H-].[H-]. The summed E-state index contributed by atoms with van der Waals surface area (Å²) in [5.74, 6) is 0. The summed E-state index contributed by atoms with van der Waals surface area (Å²) >= 11 is 0. The first-order valence-corrected chi connectivity index (χ1v) is 13.0. The van der Waals surface area contributed by atoms with Gasteiger partial charge in [-0.3, -0.25) is 4.55 Å². The molecule has 0 amide bonds. The van der Waals surface area contributed by atoms with Gasteiger partial charge in [0, 0.05) is 0 Å². The normalized spacial score (nSPS) is 11.4. The zero-order valence-corrected chi connectivity index (χ0v) is 21.7. The van der Waals surface area contributed by atoms with E-state index in [9.17, 15) is 13.0 Å². The topological polar surface area (TPSA) is 54.4 Å². The van der Waals surface area contributed by atoms with Gasteiger partial charge in [-0.2, -0.15) is 8.42 Å². The molecule has 1 N–H and O–H groups in total. The maximum absolute atomic E-state index is 11.4. The summed E-state index contributed by atoms with van der Waals surface area (Å²) in [6, 6.07) is 6.77. The molecule has 1 aromatic rings. The smallest absolute Gasteiger partial charge is 1.00 e. The molecule has 0 fully saturated rings. The van der Waals surface area contributed by atoms with Crippen molar-refractivity contribution in [2.45, 2.75) is 121 Å². The van der Waals surface area contributed by atoms with Crippen LogP contribution in [-0.4, -0.2) is 50.7 Å². The zero-order valence-electron chi connectivity index (χ0n) is 20.7. The molecular formula is C24H44CaO3S. The van der Waals surface area contributed by atoms with Crippen molar-refractivity contribution in [1.82, 2.24) is 0 Å². The van der Waals surface area contributed by atoms with Crippen molar-refractivity contribution >= 4 is 47.9 Å². The summed E-state index contributed by atoms with van der Waals surface area (Å²) in [6.07, 6.45) is 22.0. The van der Waals surface area contributed by atoms with Gasteiger partial charge in [0.2, 0.25) is 0 Å². The Morgan fingerprint density at radius 2 is 1.07 bits per heavy atom. The molecule has 0 atom stereocenters. The molecule has 166 valence electrons. The van der Waals surface area contributed by atoms with E-state index in [1.165, 1.54) is 96.0 Å². The third-order valence-corrected chi connectivity index (χ3v) is 6.50. The van der Waals surface area contributed by atoms with Crippen LogP contribution in [0.5, 0.6) is 0 Å². The van der Waals surface area contributed by atoms with Crippen LogP contribution in [0.3, 0.4) is 0 Å². The molecule has 0 aliphatic heterocycles. The maximum atomic E-state index is 11.4. The second kappa shape index (κ2) is 19.1. The zero-order chi connectivity index (χ0) is 20.5. The summed E-state index contributed by atoms with van der Waals surface area (Å²) in [4.78, 5) is 0.0657. The minimum atomic E-state index is -4.11. The summed E-state index contributed by atoms with van der Waals surface area (Å²) in [6.45, 7) is 2.27. The average Bonchev–Trinajstić information content (AvgIpc) is 2.67. The average molecular weight is 453 g/mol. The molecular weight excluding hydrogens is 408 g/mol. The molecule has 3 nitrogen and oxygen atoms in total. The standard InChI is InChI=1S/C24H42O3S.Ca.2H/c1-2-3-4-5-6-7-8-9-10-11-12-13-14-15-16-17-20-23-21-18-19-22-24(23)28(25,26)27;;;/h18-19,21-22H,2-17,20H2,1H3,(H,25,26,27);;;/q;+2;2*-1. The second-order valence-corrected chi connectivity index (χ2v) is 9.53. The summed E-state index contributed by atoms with van der Waals surface area (Å²) < 4.78 is 32.0. The number of hydrogen-bond donors (Lipinski definition) is 1. The van der Waals surface area contributed by atoms with E-state index in [1.54, 1.807) is 12.1 Å². The molecule has 0 bridgehead atoms. The second-order valence-electron chi connectivity index (χ2n) is 8.14. The van der Waals surface area contributed by atoms with Gasteiger partial charge in [-0.1, -0.05) is 121 Å². The molecule has 0 saturated heterocycles. The van der Waals surface area contributed by atoms with Gasteiger partial charge < -0.3 is 2.85 Å². The van der Waals surface area contributed by atoms with Gasteiger partial charge in [0.05, 0.1) is 4.90 Å². The summed E-state index contributed by atoms with van der Waals surface area (Å²) in [5, 5.41) is 0. The van der Waals surface area contributed by atoms with Crippen LogP contribution in [0.15, 0.2) is 29.2 Å². The maximum Gasteiger partial charge on any atom is 2.00 e. The van der Waals surface area contributed by atoms with Crippen LogP contribution in [-0.2, 0) is 16.5 Å². The number of unbranched alkanes of at least 4 members (excludes halogenated alkanes) is 15. The molecule has 29 heavy (non-hydrogen) atoms. The fourth-order valence-electron chi connectivity index (χ4n) is 3.83. The molecule has 5 heteroatoms. The minimum absolute atomic E-state index is 0. The molecule has 0 heterocycles. The summed E-state index contributed by atoms with van der Waals surface area (Å²) in [7, 11) is -4.11.